The Kier molecular flexibility index (Phi) is 19.1. The molecule has 2 rings (SSSR count). The molecule has 0 saturated heterocycles. The first-order chi connectivity index (χ1) is 9.28. The maximum atomic E-state index is 8.35. The van der Waals surface area contributed by atoms with Crippen LogP contribution in [0.1, 0.15) is 26.0 Å². The van der Waals surface area contributed by atoms with Crippen LogP contribution in [0, 0.1) is 10.8 Å². The second kappa shape index (κ2) is 17.2. The Morgan fingerprint density at radius 2 is 0.905 bits per heavy atom. The van der Waals surface area contributed by atoms with E-state index in [0.717, 1.165) is 18.6 Å². The van der Waals surface area contributed by atoms with Gasteiger partial charge in [0.05, 0.1) is 0 Å². The number of carbonyl (C=O) groups excluding carboxylic acids is 2. The molecule has 0 amide bonds. The summed E-state index contributed by atoms with van der Waals surface area (Å²) in [5.74, 6) is 0. The number of isocyanates is 2. The number of hydrogen-bond donors (Lipinski definition) is 2. The van der Waals surface area contributed by atoms with Gasteiger partial charge in [-0.2, -0.15) is 0 Å². The van der Waals surface area contributed by atoms with E-state index in [0.29, 0.717) is 0 Å². The molecule has 4 heteroatoms. The van der Waals surface area contributed by atoms with Gasteiger partial charge in [0.15, 0.2) is 0 Å². The van der Waals surface area contributed by atoms with E-state index in [1.54, 1.807) is 0 Å². The average Bonchev–Trinajstić information content (AvgIpc) is 2.43. The Balaban J connectivity index is -0.000000355. The summed E-state index contributed by atoms with van der Waals surface area (Å²) in [4.78, 5) is 16.7. The minimum Gasteiger partial charge on any atom is -0.222 e. The summed E-state index contributed by atoms with van der Waals surface area (Å²) in [6, 6.07) is 21.1. The molecule has 0 radical (unpaired) electrons. The Morgan fingerprint density at radius 3 is 1.14 bits per heavy atom. The lowest BCUT2D eigenvalue weighted by atomic mass is 10.1. The molecule has 4 nitrogen and oxygen atoms in total. The van der Waals surface area contributed by atoms with Crippen LogP contribution in [0.25, 0.3) is 0 Å². The van der Waals surface area contributed by atoms with Crippen molar-refractivity contribution in [1.29, 1.82) is 10.8 Å². The molecule has 0 bridgehead atoms. The summed E-state index contributed by atoms with van der Waals surface area (Å²) in [7, 11) is 0. The van der Waals surface area contributed by atoms with Gasteiger partial charge in [-0.3, -0.25) is 0 Å². The maximum absolute atomic E-state index is 8.35. The molecular weight excluding hydrogens is 264 g/mol. The molecule has 2 N–H and O–H groups in total. The fraction of sp³-hybridized carbons (Fsp3) is 0.176. The van der Waals surface area contributed by atoms with E-state index in [2.05, 4.69) is 60.7 Å². The summed E-state index contributed by atoms with van der Waals surface area (Å²) in [6.07, 6.45) is 2.53. The Labute approximate surface area is 126 Å². The highest BCUT2D eigenvalue weighted by Crippen LogP contribution is 2.07. The van der Waals surface area contributed by atoms with Gasteiger partial charge in [-0.05, 0) is 17.5 Å². The third-order valence-electron chi connectivity index (χ3n) is 2.09. The zero-order valence-electron chi connectivity index (χ0n) is 10.3. The number of nitrogens with one attached hydrogen (secondary N) is 2. The Bertz CT molecular complexity index is 464. The molecule has 2 aromatic carbocycles. The average molecular weight is 286 g/mol. The quantitative estimate of drug-likeness (QED) is 0.635. The zero-order valence-corrected chi connectivity index (χ0v) is 10.3. The Morgan fingerprint density at radius 1 is 0.667 bits per heavy atom. The number of rotatable bonds is 2. The molecule has 0 fully saturated rings. The van der Waals surface area contributed by atoms with E-state index in [9.17, 15) is 0 Å². The summed E-state index contributed by atoms with van der Waals surface area (Å²) in [5, 5.41) is 10.8. The van der Waals surface area contributed by atoms with Crippen molar-refractivity contribution in [2.24, 2.45) is 0 Å². The normalized spacial score (nSPS) is 6.86. The molecular formula is C17H22N2O2. The van der Waals surface area contributed by atoms with Crippen molar-refractivity contribution in [1.82, 2.24) is 0 Å². The Hall–Kier alpha value is -2.80. The van der Waals surface area contributed by atoms with Crippen LogP contribution in [-0.4, -0.2) is 12.2 Å². The molecule has 112 valence electrons. The molecule has 0 spiro atoms. The summed E-state index contributed by atoms with van der Waals surface area (Å²) < 4.78 is 0. The predicted octanol–water partition coefficient (Wildman–Crippen LogP) is 4.35. The topological polar surface area (TPSA) is 81.8 Å². The highest BCUT2D eigenvalue weighted by molar-refractivity contribution is 5.26. The van der Waals surface area contributed by atoms with E-state index in [1.807, 2.05) is 0 Å². The minimum atomic E-state index is 0. The SMILES string of the molecule is C.C.N=C=O.N=C=O.c1ccc(Cc2ccccc2)cc1. The van der Waals surface area contributed by atoms with Crippen LogP contribution in [0.4, 0.5) is 0 Å². The van der Waals surface area contributed by atoms with E-state index in [-0.39, 0.29) is 14.9 Å². The summed E-state index contributed by atoms with van der Waals surface area (Å²) >= 11 is 0. The van der Waals surface area contributed by atoms with Crippen LogP contribution in [0.15, 0.2) is 60.7 Å². The highest BCUT2D eigenvalue weighted by atomic mass is 16.1. The van der Waals surface area contributed by atoms with E-state index in [1.165, 1.54) is 11.1 Å². The van der Waals surface area contributed by atoms with Crippen LogP contribution < -0.4 is 0 Å². The van der Waals surface area contributed by atoms with Crippen molar-refractivity contribution in [3.63, 3.8) is 0 Å². The van der Waals surface area contributed by atoms with Crippen molar-refractivity contribution >= 4 is 12.2 Å². The lowest BCUT2D eigenvalue weighted by molar-refractivity contribution is 0.562. The first-order valence-corrected chi connectivity index (χ1v) is 5.44. The van der Waals surface area contributed by atoms with Gasteiger partial charge in [0.25, 0.3) is 0 Å². The molecule has 0 aromatic heterocycles. The van der Waals surface area contributed by atoms with Crippen LogP contribution in [-0.2, 0) is 16.0 Å². The van der Waals surface area contributed by atoms with Gasteiger partial charge in [0.2, 0.25) is 12.2 Å². The van der Waals surface area contributed by atoms with Crippen LogP contribution >= 0.6 is 0 Å². The fourth-order valence-corrected chi connectivity index (χ4v) is 1.43. The zero-order chi connectivity index (χ0) is 14.3. The molecule has 0 heterocycles. The molecule has 0 aliphatic heterocycles. The standard InChI is InChI=1S/C13H12.2CHNO.2CH4/c1-3-7-12(8-4-1)11-13-9-5-2-6-10-13;2*2-1-3;;/h1-10H,11H2;2*2H;2*1H4. The van der Waals surface area contributed by atoms with Gasteiger partial charge >= 0.3 is 0 Å². The second-order valence-corrected chi connectivity index (χ2v) is 3.35. The van der Waals surface area contributed by atoms with Gasteiger partial charge in [0, 0.05) is 0 Å². The van der Waals surface area contributed by atoms with Crippen LogP contribution in [0.5, 0.6) is 0 Å². The number of hydrogen-bond acceptors (Lipinski definition) is 4. The minimum absolute atomic E-state index is 0. The van der Waals surface area contributed by atoms with E-state index < -0.39 is 0 Å². The lowest BCUT2D eigenvalue weighted by Crippen LogP contribution is -1.85. The maximum Gasteiger partial charge on any atom is 0.231 e. The van der Waals surface area contributed by atoms with Gasteiger partial charge in [-0.1, -0.05) is 75.5 Å². The monoisotopic (exact) mass is 286 g/mol. The second-order valence-electron chi connectivity index (χ2n) is 3.35. The third-order valence-corrected chi connectivity index (χ3v) is 2.09. The van der Waals surface area contributed by atoms with Gasteiger partial charge < -0.3 is 0 Å². The fourth-order valence-electron chi connectivity index (χ4n) is 1.43. The van der Waals surface area contributed by atoms with Crippen molar-refractivity contribution in [3.8, 4) is 0 Å². The van der Waals surface area contributed by atoms with E-state index in [4.69, 9.17) is 20.4 Å². The molecule has 2 aromatic rings. The first kappa shape index (κ1) is 23.3. The molecule has 0 aliphatic carbocycles. The number of benzene rings is 2. The third kappa shape index (κ3) is 13.4. The predicted molar refractivity (Wildman–Crippen MR) is 86.0 cm³/mol. The summed E-state index contributed by atoms with van der Waals surface area (Å²) in [6.45, 7) is 0. The smallest absolute Gasteiger partial charge is 0.222 e. The van der Waals surface area contributed by atoms with Crippen molar-refractivity contribution in [3.05, 3.63) is 71.8 Å². The van der Waals surface area contributed by atoms with Crippen molar-refractivity contribution < 1.29 is 9.59 Å². The largest absolute Gasteiger partial charge is 0.231 e. The first-order valence-electron chi connectivity index (χ1n) is 5.44. The molecule has 21 heavy (non-hydrogen) atoms. The molecule has 0 atom stereocenters. The lowest BCUT2D eigenvalue weighted by Gasteiger charge is -2.00. The molecule has 0 aliphatic rings. The van der Waals surface area contributed by atoms with Crippen LogP contribution in [0.3, 0.4) is 0 Å². The van der Waals surface area contributed by atoms with Gasteiger partial charge in [-0.25, -0.2) is 20.4 Å². The molecule has 0 saturated carbocycles. The van der Waals surface area contributed by atoms with Crippen molar-refractivity contribution in [2.75, 3.05) is 0 Å². The van der Waals surface area contributed by atoms with Gasteiger partial charge in [0.1, 0.15) is 0 Å². The van der Waals surface area contributed by atoms with Crippen molar-refractivity contribution in [2.45, 2.75) is 21.3 Å². The molecule has 0 unspecified atom stereocenters. The summed E-state index contributed by atoms with van der Waals surface area (Å²) in [5.41, 5.74) is 2.74. The van der Waals surface area contributed by atoms with Gasteiger partial charge in [-0.15, -0.1) is 0 Å². The van der Waals surface area contributed by atoms with E-state index >= 15 is 0 Å². The highest BCUT2D eigenvalue weighted by Gasteiger charge is 1.92. The van der Waals surface area contributed by atoms with Crippen LogP contribution in [0.2, 0.25) is 0 Å².